The highest BCUT2D eigenvalue weighted by atomic mass is 32.1. The van der Waals surface area contributed by atoms with Crippen molar-refractivity contribution in [3.63, 3.8) is 0 Å². The second-order valence-electron chi connectivity index (χ2n) is 4.61. The number of hydrogen-bond acceptors (Lipinski definition) is 6. The van der Waals surface area contributed by atoms with Crippen LogP contribution >= 0.6 is 11.3 Å². The Morgan fingerprint density at radius 2 is 1.96 bits per heavy atom. The van der Waals surface area contributed by atoms with Crippen molar-refractivity contribution in [2.24, 2.45) is 0 Å². The standard InChI is InChI=1S/C15H13F2N3O4S/c1-2-24-12(21)6-18-14(23)11-7-25-15(19-11)20-13(22)8-3-4-9(16)10(17)5-8/h3-5,7H,2,6H2,1H3,(H,18,23)(H,19,20,22). The maximum atomic E-state index is 13.1. The van der Waals surface area contributed by atoms with Crippen LogP contribution in [0.5, 0.6) is 0 Å². The lowest BCUT2D eigenvalue weighted by atomic mass is 10.2. The third-order valence-electron chi connectivity index (χ3n) is 2.84. The molecule has 0 aliphatic heterocycles. The molecule has 132 valence electrons. The number of rotatable bonds is 6. The normalized spacial score (nSPS) is 10.2. The van der Waals surface area contributed by atoms with E-state index in [1.165, 1.54) is 5.38 Å². The quantitative estimate of drug-likeness (QED) is 0.759. The molecule has 0 bridgehead atoms. The maximum absolute atomic E-state index is 13.1. The molecule has 0 fully saturated rings. The van der Waals surface area contributed by atoms with Crippen LogP contribution < -0.4 is 10.6 Å². The number of benzene rings is 1. The van der Waals surface area contributed by atoms with Gasteiger partial charge in [0.15, 0.2) is 16.8 Å². The molecule has 0 aliphatic carbocycles. The van der Waals surface area contributed by atoms with E-state index < -0.39 is 29.4 Å². The number of halogens is 2. The Hall–Kier alpha value is -2.88. The van der Waals surface area contributed by atoms with Gasteiger partial charge in [-0.2, -0.15) is 0 Å². The van der Waals surface area contributed by atoms with Crippen LogP contribution in [-0.2, 0) is 9.53 Å². The van der Waals surface area contributed by atoms with Crippen LogP contribution in [0.2, 0.25) is 0 Å². The van der Waals surface area contributed by atoms with Gasteiger partial charge in [-0.05, 0) is 25.1 Å². The molecular formula is C15H13F2N3O4S. The van der Waals surface area contributed by atoms with E-state index in [9.17, 15) is 23.2 Å². The van der Waals surface area contributed by atoms with Gasteiger partial charge in [-0.15, -0.1) is 11.3 Å². The van der Waals surface area contributed by atoms with Gasteiger partial charge in [0.25, 0.3) is 11.8 Å². The van der Waals surface area contributed by atoms with Gasteiger partial charge in [0, 0.05) is 10.9 Å². The second-order valence-corrected chi connectivity index (χ2v) is 5.47. The molecule has 2 N–H and O–H groups in total. The Balaban J connectivity index is 1.96. The van der Waals surface area contributed by atoms with E-state index in [0.717, 1.165) is 29.5 Å². The molecule has 0 spiro atoms. The first kappa shape index (κ1) is 18.5. The number of carbonyl (C=O) groups is 3. The fourth-order valence-electron chi connectivity index (χ4n) is 1.70. The smallest absolute Gasteiger partial charge is 0.325 e. The predicted molar refractivity (Wildman–Crippen MR) is 85.4 cm³/mol. The molecule has 1 heterocycles. The summed E-state index contributed by atoms with van der Waals surface area (Å²) in [5.74, 6) is -4.11. The van der Waals surface area contributed by atoms with Gasteiger partial charge >= 0.3 is 5.97 Å². The molecule has 2 amide bonds. The number of carbonyl (C=O) groups excluding carboxylic acids is 3. The van der Waals surface area contributed by atoms with E-state index in [1.54, 1.807) is 6.92 Å². The molecule has 2 rings (SSSR count). The lowest BCUT2D eigenvalue weighted by molar-refractivity contribution is -0.141. The molecule has 10 heteroatoms. The highest BCUT2D eigenvalue weighted by Gasteiger charge is 2.15. The summed E-state index contributed by atoms with van der Waals surface area (Å²) in [7, 11) is 0. The highest BCUT2D eigenvalue weighted by Crippen LogP contribution is 2.17. The van der Waals surface area contributed by atoms with Gasteiger partial charge in [0.05, 0.1) is 6.61 Å². The number of nitrogens with zero attached hydrogens (tertiary/aromatic N) is 1. The summed E-state index contributed by atoms with van der Waals surface area (Å²) in [5.41, 5.74) is -0.0997. The molecule has 1 aromatic heterocycles. The van der Waals surface area contributed by atoms with E-state index in [0.29, 0.717) is 0 Å². The Kier molecular flexibility index (Phi) is 6.12. The number of amides is 2. The van der Waals surface area contributed by atoms with Crippen molar-refractivity contribution in [2.45, 2.75) is 6.92 Å². The van der Waals surface area contributed by atoms with Crippen molar-refractivity contribution in [3.8, 4) is 0 Å². The average Bonchev–Trinajstić information content (AvgIpc) is 3.04. The zero-order valence-corrected chi connectivity index (χ0v) is 13.8. The summed E-state index contributed by atoms with van der Waals surface area (Å²) >= 11 is 0.965. The lowest BCUT2D eigenvalue weighted by Crippen LogP contribution is -2.30. The van der Waals surface area contributed by atoms with Crippen LogP contribution in [0.3, 0.4) is 0 Å². The van der Waals surface area contributed by atoms with Gasteiger partial charge in [-0.3, -0.25) is 19.7 Å². The van der Waals surface area contributed by atoms with Crippen molar-refractivity contribution in [3.05, 3.63) is 46.5 Å². The van der Waals surface area contributed by atoms with Crippen molar-refractivity contribution in [1.29, 1.82) is 0 Å². The molecule has 7 nitrogen and oxygen atoms in total. The topological polar surface area (TPSA) is 97.4 Å². The molecule has 25 heavy (non-hydrogen) atoms. The van der Waals surface area contributed by atoms with Gasteiger partial charge in [0.2, 0.25) is 0 Å². The van der Waals surface area contributed by atoms with E-state index in [2.05, 4.69) is 20.4 Å². The number of anilines is 1. The van der Waals surface area contributed by atoms with Crippen molar-refractivity contribution >= 4 is 34.3 Å². The number of esters is 1. The summed E-state index contributed by atoms with van der Waals surface area (Å²) < 4.78 is 30.7. The van der Waals surface area contributed by atoms with Crippen LogP contribution in [0.1, 0.15) is 27.8 Å². The Labute approximate surface area is 145 Å². The van der Waals surface area contributed by atoms with Gasteiger partial charge in [-0.1, -0.05) is 0 Å². The molecule has 0 atom stereocenters. The third-order valence-corrected chi connectivity index (χ3v) is 3.60. The van der Waals surface area contributed by atoms with Crippen LogP contribution in [0.25, 0.3) is 0 Å². The summed E-state index contributed by atoms with van der Waals surface area (Å²) in [6.45, 7) is 1.54. The zero-order chi connectivity index (χ0) is 18.4. The first-order valence-electron chi connectivity index (χ1n) is 7.06. The van der Waals surface area contributed by atoms with Crippen LogP contribution in [0.15, 0.2) is 23.6 Å². The summed E-state index contributed by atoms with van der Waals surface area (Å²) in [4.78, 5) is 38.8. The Bertz CT molecular complexity index is 810. The van der Waals surface area contributed by atoms with Crippen LogP contribution in [0, 0.1) is 11.6 Å². The first-order chi connectivity index (χ1) is 11.9. The van der Waals surface area contributed by atoms with E-state index in [4.69, 9.17) is 0 Å². The molecule has 0 radical (unpaired) electrons. The number of thiazole rings is 1. The van der Waals surface area contributed by atoms with Crippen molar-refractivity contribution in [2.75, 3.05) is 18.5 Å². The Morgan fingerprint density at radius 3 is 2.64 bits per heavy atom. The van der Waals surface area contributed by atoms with Gasteiger partial charge < -0.3 is 10.1 Å². The highest BCUT2D eigenvalue weighted by molar-refractivity contribution is 7.14. The minimum atomic E-state index is -1.15. The minimum Gasteiger partial charge on any atom is -0.465 e. The number of hydrogen-bond donors (Lipinski definition) is 2. The maximum Gasteiger partial charge on any atom is 0.325 e. The molecule has 0 aliphatic rings. The lowest BCUT2D eigenvalue weighted by Gasteiger charge is -2.03. The molecule has 0 saturated heterocycles. The van der Waals surface area contributed by atoms with E-state index in [1.807, 2.05) is 0 Å². The van der Waals surface area contributed by atoms with E-state index >= 15 is 0 Å². The largest absolute Gasteiger partial charge is 0.465 e. The number of nitrogens with one attached hydrogen (secondary N) is 2. The van der Waals surface area contributed by atoms with Gasteiger partial charge in [0.1, 0.15) is 12.2 Å². The molecule has 0 unspecified atom stereocenters. The molecular weight excluding hydrogens is 356 g/mol. The van der Waals surface area contributed by atoms with Crippen LogP contribution in [0.4, 0.5) is 13.9 Å². The van der Waals surface area contributed by atoms with Crippen LogP contribution in [-0.4, -0.2) is 35.9 Å². The van der Waals surface area contributed by atoms with E-state index in [-0.39, 0.29) is 29.5 Å². The second kappa shape index (κ2) is 8.29. The monoisotopic (exact) mass is 369 g/mol. The SMILES string of the molecule is CCOC(=O)CNC(=O)c1csc(NC(=O)c2ccc(F)c(F)c2)n1. The Morgan fingerprint density at radius 1 is 1.20 bits per heavy atom. The molecule has 0 saturated carbocycles. The molecule has 2 aromatic rings. The fourth-order valence-corrected chi connectivity index (χ4v) is 2.38. The third kappa shape index (κ3) is 5.05. The minimum absolute atomic E-state index is 0.00474. The van der Waals surface area contributed by atoms with Crippen molar-refractivity contribution in [1.82, 2.24) is 10.3 Å². The number of ether oxygens (including phenoxy) is 1. The average molecular weight is 369 g/mol. The fraction of sp³-hybridized carbons (Fsp3) is 0.200. The summed E-state index contributed by atoms with van der Waals surface area (Å²) in [5, 5.41) is 6.17. The first-order valence-corrected chi connectivity index (χ1v) is 7.94. The predicted octanol–water partition coefficient (Wildman–Crippen LogP) is 1.97. The zero-order valence-electron chi connectivity index (χ0n) is 13.0. The number of aromatic nitrogens is 1. The van der Waals surface area contributed by atoms with Gasteiger partial charge in [-0.25, -0.2) is 13.8 Å². The summed E-state index contributed by atoms with van der Waals surface area (Å²) in [6.07, 6.45) is 0. The van der Waals surface area contributed by atoms with Crippen molar-refractivity contribution < 1.29 is 27.9 Å². The molecule has 1 aromatic carbocycles. The summed E-state index contributed by atoms with van der Waals surface area (Å²) in [6, 6.07) is 2.71.